The van der Waals surface area contributed by atoms with Crippen LogP contribution < -0.4 is 0 Å². The van der Waals surface area contributed by atoms with Gasteiger partial charge in [-0.3, -0.25) is 0 Å². The molecule has 1 atom stereocenters. The van der Waals surface area contributed by atoms with E-state index in [0.29, 0.717) is 0 Å². The van der Waals surface area contributed by atoms with E-state index in [1.54, 1.807) is 0 Å². The average molecular weight is 156 g/mol. The molecule has 0 bridgehead atoms. The predicted octanol–water partition coefficient (Wildman–Crippen LogP) is 3.51. The Kier molecular flexibility index (Phi) is 6.96. The molecular weight excluding hydrogens is 139 g/mol. The molecule has 0 nitrogen and oxygen atoms in total. The van der Waals surface area contributed by atoms with Crippen molar-refractivity contribution in [3.63, 3.8) is 0 Å². The Balaban J connectivity index is 3.38. The second kappa shape index (κ2) is 7.02. The first-order valence-corrected chi connectivity index (χ1v) is 4.44. The largest absolute Gasteiger partial charge is 0.110 e. The van der Waals surface area contributed by atoms with Crippen molar-refractivity contribution < 1.29 is 0 Å². The zero-order chi connectivity index (χ0) is 7.82. The smallest absolute Gasteiger partial charge is 0.0248 e. The van der Waals surface area contributed by atoms with Crippen LogP contribution in [0.1, 0.15) is 32.6 Å². The van der Waals surface area contributed by atoms with Crippen LogP contribution in [0, 0.1) is 0 Å². The molecule has 0 aromatic heterocycles. The minimum Gasteiger partial charge on any atom is -0.110 e. The van der Waals surface area contributed by atoms with E-state index in [9.17, 15) is 0 Å². The van der Waals surface area contributed by atoms with Gasteiger partial charge in [0, 0.05) is 0 Å². The fourth-order valence-electron chi connectivity index (χ4n) is 0.701. The summed E-state index contributed by atoms with van der Waals surface area (Å²) in [6.07, 6.45) is 8.94. The van der Waals surface area contributed by atoms with Crippen molar-refractivity contribution in [1.29, 1.82) is 0 Å². The molecule has 0 saturated carbocycles. The van der Waals surface area contributed by atoms with E-state index in [1.165, 1.54) is 18.2 Å². The van der Waals surface area contributed by atoms with Gasteiger partial charge in [-0.25, -0.2) is 0 Å². The lowest BCUT2D eigenvalue weighted by atomic mass is 10.2. The van der Waals surface area contributed by atoms with Gasteiger partial charge in [-0.2, -0.15) is 0 Å². The number of unbranched alkanes of at least 4 members (excludes halogenated alkanes) is 1. The summed E-state index contributed by atoms with van der Waals surface area (Å²) in [4.78, 5) is 0. The van der Waals surface area contributed by atoms with E-state index in [4.69, 9.17) is 0 Å². The maximum absolute atomic E-state index is 3.68. The fourth-order valence-corrected chi connectivity index (χ4v) is 1.03. The second-order valence-corrected chi connectivity index (χ2v) is 3.14. The average Bonchev–Trinajstić information content (AvgIpc) is 1.97. The molecule has 1 heteroatoms. The minimum atomic E-state index is 1.10. The molecule has 0 N–H and O–H groups in total. The molecule has 0 aromatic carbocycles. The Bertz CT molecular complexity index is 114. The molecule has 10 heavy (non-hydrogen) atoms. The molecule has 0 amide bonds. The summed E-state index contributed by atoms with van der Waals surface area (Å²) in [6.45, 7) is 5.87. The molecule has 58 valence electrons. The molecule has 0 aliphatic rings. The zero-order valence-corrected chi connectivity index (χ0v) is 7.92. The van der Waals surface area contributed by atoms with Gasteiger partial charge >= 0.3 is 0 Å². The maximum atomic E-state index is 3.68. The minimum absolute atomic E-state index is 1.10. The predicted molar refractivity (Wildman–Crippen MR) is 52.1 cm³/mol. The Labute approximate surface area is 66.6 Å². The van der Waals surface area contributed by atoms with Gasteiger partial charge in [0.1, 0.15) is 0 Å². The number of allylic oxidation sites excluding steroid dienone is 3. The molecule has 0 fully saturated rings. The van der Waals surface area contributed by atoms with Crippen molar-refractivity contribution in [3.05, 3.63) is 24.0 Å². The molecule has 0 aliphatic carbocycles. The Morgan fingerprint density at radius 2 is 2.20 bits per heavy atom. The third-order valence-corrected chi connectivity index (χ3v) is 1.86. The van der Waals surface area contributed by atoms with Crippen LogP contribution in [-0.2, 0) is 0 Å². The van der Waals surface area contributed by atoms with Crippen LogP contribution >= 0.6 is 9.24 Å². The molecular formula is C9H17P. The highest BCUT2D eigenvalue weighted by molar-refractivity contribution is 7.22. The van der Waals surface area contributed by atoms with E-state index in [-0.39, 0.29) is 0 Å². The molecule has 1 unspecified atom stereocenters. The van der Waals surface area contributed by atoms with Gasteiger partial charge in [-0.15, -0.1) is 15.8 Å². The first-order chi connectivity index (χ1) is 4.81. The zero-order valence-electron chi connectivity index (χ0n) is 6.77. The molecule has 0 aromatic rings. The lowest BCUT2D eigenvalue weighted by Crippen LogP contribution is -1.71. The first-order valence-electron chi connectivity index (χ1n) is 3.86. The van der Waals surface area contributed by atoms with Gasteiger partial charge in [0.25, 0.3) is 0 Å². The SMILES string of the molecule is C=CCC/C(P)=C/CCC. The van der Waals surface area contributed by atoms with Gasteiger partial charge in [-0.1, -0.05) is 30.8 Å². The maximum Gasteiger partial charge on any atom is -0.0248 e. The molecule has 0 heterocycles. The van der Waals surface area contributed by atoms with Crippen LogP contribution in [0.4, 0.5) is 0 Å². The monoisotopic (exact) mass is 156 g/mol. The number of hydrogen-bond donors (Lipinski definition) is 0. The van der Waals surface area contributed by atoms with E-state index >= 15 is 0 Å². The standard InChI is InChI=1S/C9H17P/c1-3-5-7-9(10)8-6-4-2/h3,8H,1,4-7,10H2,2H3/b9-8-. The van der Waals surface area contributed by atoms with E-state index < -0.39 is 0 Å². The molecule has 0 rings (SSSR count). The summed E-state index contributed by atoms with van der Waals surface area (Å²) in [5.74, 6) is 0. The van der Waals surface area contributed by atoms with E-state index in [2.05, 4.69) is 28.8 Å². The number of hydrogen-bond acceptors (Lipinski definition) is 0. The third kappa shape index (κ3) is 6.04. The second-order valence-electron chi connectivity index (χ2n) is 2.40. The molecule has 0 radical (unpaired) electrons. The lowest BCUT2D eigenvalue weighted by molar-refractivity contribution is 0.938. The van der Waals surface area contributed by atoms with Crippen LogP contribution in [0.5, 0.6) is 0 Å². The van der Waals surface area contributed by atoms with Crippen LogP contribution in [0.15, 0.2) is 24.0 Å². The quantitative estimate of drug-likeness (QED) is 0.422. The highest BCUT2D eigenvalue weighted by atomic mass is 31.0. The summed E-state index contributed by atoms with van der Waals surface area (Å²) >= 11 is 0. The molecule has 0 aliphatic heterocycles. The lowest BCUT2D eigenvalue weighted by Gasteiger charge is -1.95. The highest BCUT2D eigenvalue weighted by Gasteiger charge is 1.85. The van der Waals surface area contributed by atoms with Crippen LogP contribution in [0.3, 0.4) is 0 Å². The number of rotatable bonds is 5. The normalized spacial score (nSPS) is 11.6. The summed E-state index contributed by atoms with van der Waals surface area (Å²) in [6, 6.07) is 0. The molecule has 0 spiro atoms. The van der Waals surface area contributed by atoms with Crippen molar-refractivity contribution in [3.8, 4) is 0 Å². The Morgan fingerprint density at radius 3 is 2.70 bits per heavy atom. The Morgan fingerprint density at radius 1 is 1.50 bits per heavy atom. The van der Waals surface area contributed by atoms with Crippen molar-refractivity contribution in [2.24, 2.45) is 0 Å². The Hall–Kier alpha value is -0.0900. The third-order valence-electron chi connectivity index (χ3n) is 1.33. The van der Waals surface area contributed by atoms with Gasteiger partial charge in [-0.05, 0) is 19.3 Å². The van der Waals surface area contributed by atoms with E-state index in [0.717, 1.165) is 12.8 Å². The van der Waals surface area contributed by atoms with Crippen molar-refractivity contribution in [2.45, 2.75) is 32.6 Å². The van der Waals surface area contributed by atoms with Gasteiger partial charge < -0.3 is 0 Å². The van der Waals surface area contributed by atoms with Crippen molar-refractivity contribution in [1.82, 2.24) is 0 Å². The topological polar surface area (TPSA) is 0 Å². The van der Waals surface area contributed by atoms with Crippen LogP contribution in [0.2, 0.25) is 0 Å². The first kappa shape index (κ1) is 9.91. The summed E-state index contributed by atoms with van der Waals surface area (Å²) in [7, 11) is 2.77. The highest BCUT2D eigenvalue weighted by Crippen LogP contribution is 2.14. The van der Waals surface area contributed by atoms with Gasteiger partial charge in [0.05, 0.1) is 0 Å². The summed E-state index contributed by atoms with van der Waals surface area (Å²) in [5.41, 5.74) is 0. The van der Waals surface area contributed by atoms with Crippen molar-refractivity contribution in [2.75, 3.05) is 0 Å². The molecule has 0 saturated heterocycles. The van der Waals surface area contributed by atoms with E-state index in [1.807, 2.05) is 6.08 Å². The van der Waals surface area contributed by atoms with Gasteiger partial charge in [0.15, 0.2) is 0 Å². The fraction of sp³-hybridized carbons (Fsp3) is 0.556. The van der Waals surface area contributed by atoms with Crippen molar-refractivity contribution >= 4 is 9.24 Å². The van der Waals surface area contributed by atoms with Crippen LogP contribution in [0.25, 0.3) is 0 Å². The van der Waals surface area contributed by atoms with Crippen LogP contribution in [-0.4, -0.2) is 0 Å². The summed E-state index contributed by atoms with van der Waals surface area (Å²) < 4.78 is 0. The summed E-state index contributed by atoms with van der Waals surface area (Å²) in [5, 5.41) is 1.42. The van der Waals surface area contributed by atoms with Gasteiger partial charge in [0.2, 0.25) is 0 Å².